The highest BCUT2D eigenvalue weighted by atomic mass is 16.6. The number of likely N-dealkylation sites (tertiary alicyclic amines) is 1. The third kappa shape index (κ3) is 5.00. The van der Waals surface area contributed by atoms with Gasteiger partial charge in [-0.2, -0.15) is 5.10 Å². The molecule has 6 rings (SSSR count). The topological polar surface area (TPSA) is 87.5 Å². The molecule has 2 aromatic carbocycles. The Morgan fingerprint density at radius 1 is 1.07 bits per heavy atom. The number of methoxy groups -OCH3 is 1. The number of hydrogen-bond donors (Lipinski definition) is 1. The molecule has 0 atom stereocenters. The molecule has 222 valence electrons. The lowest BCUT2D eigenvalue weighted by Gasteiger charge is -2.54. The minimum atomic E-state index is -0.497. The first-order chi connectivity index (χ1) is 20.1. The van der Waals surface area contributed by atoms with Crippen LogP contribution in [0.4, 0.5) is 21.9 Å². The summed E-state index contributed by atoms with van der Waals surface area (Å²) in [6, 6.07) is 6.25. The summed E-state index contributed by atoms with van der Waals surface area (Å²) < 4.78 is 17.4. The molecule has 0 saturated carbocycles. The molecule has 0 bridgehead atoms. The lowest BCUT2D eigenvalue weighted by Crippen LogP contribution is -2.62. The summed E-state index contributed by atoms with van der Waals surface area (Å²) in [4.78, 5) is 23.2. The first-order valence-electron chi connectivity index (χ1n) is 14.7. The van der Waals surface area contributed by atoms with Crippen LogP contribution in [-0.2, 0) is 9.47 Å². The third-order valence-corrected chi connectivity index (χ3v) is 8.83. The van der Waals surface area contributed by atoms with E-state index in [0.29, 0.717) is 24.7 Å². The maximum absolute atomic E-state index is 12.6. The van der Waals surface area contributed by atoms with Crippen LogP contribution in [0.3, 0.4) is 0 Å². The van der Waals surface area contributed by atoms with Gasteiger partial charge in [0.2, 0.25) is 5.69 Å². The number of aromatic nitrogens is 2. The van der Waals surface area contributed by atoms with Gasteiger partial charge in [-0.1, -0.05) is 6.07 Å². The Morgan fingerprint density at radius 2 is 1.76 bits per heavy atom. The van der Waals surface area contributed by atoms with Gasteiger partial charge in [0.15, 0.2) is 0 Å². The van der Waals surface area contributed by atoms with Crippen molar-refractivity contribution in [3.05, 3.63) is 41.4 Å². The summed E-state index contributed by atoms with van der Waals surface area (Å²) in [5, 5.41) is 8.38. The van der Waals surface area contributed by atoms with Gasteiger partial charge in [-0.3, -0.25) is 5.10 Å². The number of aryl methyl sites for hydroxylation is 1. The predicted octanol–water partition coefficient (Wildman–Crippen LogP) is 5.77. The summed E-state index contributed by atoms with van der Waals surface area (Å²) >= 11 is 0. The second-order valence-electron chi connectivity index (χ2n) is 12.8. The molecule has 4 heterocycles. The number of aromatic amines is 1. The molecule has 0 unspecified atom stereocenters. The maximum atomic E-state index is 12.6. The SMILES string of the molecule is [C-]#[N+]c1c(N2CCC3(CC2)CN(C(=O)OC(C)(C)C)C3)cc(N2CCOCC2)c(OC)c1-c1c(C)ccc2[nH]ncc12. The highest BCUT2D eigenvalue weighted by Gasteiger charge is 2.48. The summed E-state index contributed by atoms with van der Waals surface area (Å²) in [5.74, 6) is 0.712. The van der Waals surface area contributed by atoms with Crippen LogP contribution in [0, 0.1) is 18.9 Å². The van der Waals surface area contributed by atoms with E-state index in [0.717, 1.165) is 91.1 Å². The number of morpholine rings is 1. The highest BCUT2D eigenvalue weighted by molar-refractivity contribution is 6.06. The molecule has 0 radical (unpaired) electrons. The number of hydrogen-bond acceptors (Lipinski definition) is 7. The number of rotatable bonds is 4. The van der Waals surface area contributed by atoms with E-state index in [1.54, 1.807) is 7.11 Å². The van der Waals surface area contributed by atoms with E-state index in [-0.39, 0.29) is 11.5 Å². The van der Waals surface area contributed by atoms with Crippen LogP contribution < -0.4 is 14.5 Å². The van der Waals surface area contributed by atoms with Crippen molar-refractivity contribution in [1.82, 2.24) is 15.1 Å². The van der Waals surface area contributed by atoms with Gasteiger partial charge in [-0.15, -0.1) is 0 Å². The Bertz CT molecular complexity index is 1530. The molecule has 1 spiro atoms. The van der Waals surface area contributed by atoms with Crippen molar-refractivity contribution in [1.29, 1.82) is 0 Å². The number of H-pyrrole nitrogens is 1. The monoisotopic (exact) mass is 572 g/mol. The van der Waals surface area contributed by atoms with E-state index in [9.17, 15) is 4.79 Å². The summed E-state index contributed by atoms with van der Waals surface area (Å²) in [7, 11) is 1.69. The minimum Gasteiger partial charge on any atom is -0.495 e. The van der Waals surface area contributed by atoms with Gasteiger partial charge in [0.05, 0.1) is 44.3 Å². The molecule has 3 aromatic rings. The Labute approximate surface area is 247 Å². The van der Waals surface area contributed by atoms with Gasteiger partial charge in [-0.25, -0.2) is 9.64 Å². The van der Waals surface area contributed by atoms with Crippen LogP contribution in [0.2, 0.25) is 0 Å². The van der Waals surface area contributed by atoms with Crippen molar-refractivity contribution in [2.24, 2.45) is 5.41 Å². The molecule has 10 nitrogen and oxygen atoms in total. The Hall–Kier alpha value is -3.97. The zero-order valence-corrected chi connectivity index (χ0v) is 25.2. The fourth-order valence-electron chi connectivity index (χ4n) is 6.67. The van der Waals surface area contributed by atoms with E-state index in [2.05, 4.69) is 43.9 Å². The van der Waals surface area contributed by atoms with E-state index < -0.39 is 5.60 Å². The van der Waals surface area contributed by atoms with Crippen LogP contribution in [-0.4, -0.2) is 86.4 Å². The van der Waals surface area contributed by atoms with E-state index in [1.807, 2.05) is 37.9 Å². The standard InChI is InChI=1S/C32H40N6O4/c1-21-7-8-23-22(18-34-35-23)26(21)27-28(33-5)24(17-25(29(27)40-6)37-13-15-41-16-14-37)36-11-9-32(10-12-36)19-38(20-32)30(39)42-31(2,3)4/h7-8,17-18H,9-16,19-20H2,1-4,6H3,(H,34,35). The Morgan fingerprint density at radius 3 is 2.40 bits per heavy atom. The third-order valence-electron chi connectivity index (χ3n) is 8.83. The number of nitrogens with zero attached hydrogens (tertiary/aromatic N) is 5. The molecule has 10 heteroatoms. The number of amides is 1. The quantitative estimate of drug-likeness (QED) is 0.397. The molecule has 1 amide bonds. The number of carbonyl (C=O) groups excluding carboxylic acids is 1. The molecule has 3 saturated heterocycles. The predicted molar refractivity (Wildman–Crippen MR) is 164 cm³/mol. The van der Waals surface area contributed by atoms with Gasteiger partial charge >= 0.3 is 6.09 Å². The smallest absolute Gasteiger partial charge is 0.410 e. The van der Waals surface area contributed by atoms with Crippen LogP contribution in [0.25, 0.3) is 26.9 Å². The first kappa shape index (κ1) is 28.2. The van der Waals surface area contributed by atoms with Gasteiger partial charge in [-0.05, 0) is 63.8 Å². The number of nitrogens with one attached hydrogen (secondary N) is 1. The van der Waals surface area contributed by atoms with Crippen LogP contribution in [0.5, 0.6) is 5.75 Å². The van der Waals surface area contributed by atoms with Gasteiger partial charge in [0, 0.05) is 61.3 Å². The van der Waals surface area contributed by atoms with Crippen molar-refractivity contribution in [3.8, 4) is 16.9 Å². The first-order valence-corrected chi connectivity index (χ1v) is 14.7. The molecule has 0 aliphatic carbocycles. The lowest BCUT2D eigenvalue weighted by atomic mass is 9.72. The highest BCUT2D eigenvalue weighted by Crippen LogP contribution is 2.54. The van der Waals surface area contributed by atoms with Crippen LogP contribution in [0.1, 0.15) is 39.2 Å². The zero-order valence-electron chi connectivity index (χ0n) is 25.2. The molecule has 42 heavy (non-hydrogen) atoms. The summed E-state index contributed by atoms with van der Waals surface area (Å²) in [6.07, 6.45) is 3.51. The number of fused-ring (bicyclic) bond motifs is 1. The largest absolute Gasteiger partial charge is 0.495 e. The second kappa shape index (κ2) is 10.7. The van der Waals surface area contributed by atoms with E-state index in [1.165, 1.54) is 0 Å². The molecule has 3 aliphatic rings. The summed E-state index contributed by atoms with van der Waals surface area (Å²) in [5.41, 5.74) is 5.89. The molecule has 3 aliphatic heterocycles. The van der Waals surface area contributed by atoms with Crippen molar-refractivity contribution in [2.75, 3.05) is 69.4 Å². The van der Waals surface area contributed by atoms with Gasteiger partial charge in [0.1, 0.15) is 11.4 Å². The second-order valence-corrected chi connectivity index (χ2v) is 12.8. The van der Waals surface area contributed by atoms with Gasteiger partial charge < -0.3 is 28.9 Å². The number of ether oxygens (including phenoxy) is 3. The average molecular weight is 573 g/mol. The molecule has 1 N–H and O–H groups in total. The zero-order chi connectivity index (χ0) is 29.6. The van der Waals surface area contributed by atoms with Crippen LogP contribution in [0.15, 0.2) is 24.4 Å². The number of benzene rings is 2. The summed E-state index contributed by atoms with van der Waals surface area (Å²) in [6.45, 7) is 22.1. The molecular formula is C32H40N6O4. The number of anilines is 2. The normalized spacial score (nSPS) is 18.6. The van der Waals surface area contributed by atoms with Crippen molar-refractivity contribution in [2.45, 2.75) is 46.1 Å². The minimum absolute atomic E-state index is 0.104. The van der Waals surface area contributed by atoms with E-state index >= 15 is 0 Å². The fraction of sp³-hybridized carbons (Fsp3) is 0.531. The van der Waals surface area contributed by atoms with Crippen molar-refractivity contribution >= 4 is 34.1 Å². The van der Waals surface area contributed by atoms with Crippen molar-refractivity contribution < 1.29 is 19.0 Å². The molecule has 1 aromatic heterocycles. The molecular weight excluding hydrogens is 532 g/mol. The van der Waals surface area contributed by atoms with Crippen LogP contribution >= 0.6 is 0 Å². The number of carbonyl (C=O) groups is 1. The van der Waals surface area contributed by atoms with Crippen molar-refractivity contribution in [3.63, 3.8) is 0 Å². The molecule has 3 fully saturated rings. The maximum Gasteiger partial charge on any atom is 0.410 e. The average Bonchev–Trinajstić information content (AvgIpc) is 3.43. The Balaban J connectivity index is 1.37. The van der Waals surface area contributed by atoms with Gasteiger partial charge in [0.25, 0.3) is 0 Å². The van der Waals surface area contributed by atoms with E-state index in [4.69, 9.17) is 20.8 Å². The Kier molecular flexibility index (Phi) is 7.17. The fourth-order valence-corrected chi connectivity index (χ4v) is 6.67. The lowest BCUT2D eigenvalue weighted by molar-refractivity contribution is -0.0434. The number of piperidine rings is 1.